The molecule has 7 nitrogen and oxygen atoms in total. The van der Waals surface area contributed by atoms with Crippen LogP contribution in [0.4, 0.5) is 4.79 Å². The van der Waals surface area contributed by atoms with Crippen molar-refractivity contribution in [2.24, 2.45) is 0 Å². The second kappa shape index (κ2) is 9.38. The average Bonchev–Trinajstić information content (AvgIpc) is 3.06. The van der Waals surface area contributed by atoms with E-state index >= 15 is 0 Å². The van der Waals surface area contributed by atoms with E-state index in [2.05, 4.69) is 22.0 Å². The van der Waals surface area contributed by atoms with Gasteiger partial charge in [-0.3, -0.25) is 19.3 Å². The maximum absolute atomic E-state index is 12.9. The topological polar surface area (TPSA) is 76.2 Å². The van der Waals surface area contributed by atoms with E-state index in [1.54, 1.807) is 30.2 Å². The molecule has 0 aliphatic carbocycles. The molecule has 2 heterocycles. The fraction of sp³-hybridized carbons (Fsp3) is 0.261. The normalized spacial score (nSPS) is 17.0. The lowest BCUT2D eigenvalue weighted by molar-refractivity contribution is -0.136. The van der Waals surface area contributed by atoms with Crippen LogP contribution in [0.3, 0.4) is 0 Å². The second-order valence-corrected chi connectivity index (χ2v) is 9.18. The minimum atomic E-state index is -0.486. The molecule has 3 amide bonds. The fourth-order valence-electron chi connectivity index (χ4n) is 3.72. The molecule has 0 aromatic heterocycles. The number of amides is 3. The number of hydrogen-bond acceptors (Lipinski definition) is 6. The molecule has 1 saturated heterocycles. The molecule has 0 spiro atoms. The molecule has 0 radical (unpaired) electrons. The molecule has 0 saturated carbocycles. The molecule has 9 heteroatoms. The Morgan fingerprint density at radius 2 is 1.84 bits per heavy atom. The Morgan fingerprint density at radius 1 is 1.12 bits per heavy atom. The van der Waals surface area contributed by atoms with Crippen LogP contribution in [-0.2, 0) is 22.6 Å². The summed E-state index contributed by atoms with van der Waals surface area (Å²) in [5.41, 5.74) is 2.94. The van der Waals surface area contributed by atoms with Crippen molar-refractivity contribution in [1.29, 1.82) is 0 Å². The van der Waals surface area contributed by atoms with Crippen LogP contribution >= 0.6 is 27.7 Å². The Kier molecular flexibility index (Phi) is 6.57. The van der Waals surface area contributed by atoms with E-state index in [9.17, 15) is 14.4 Å². The highest BCUT2D eigenvalue weighted by Gasteiger charge is 2.37. The summed E-state index contributed by atoms with van der Waals surface area (Å²) in [6, 6.07) is 11.4. The van der Waals surface area contributed by atoms with E-state index in [1.807, 2.05) is 18.2 Å². The highest BCUT2D eigenvalue weighted by molar-refractivity contribution is 9.10. The first-order valence-corrected chi connectivity index (χ1v) is 11.5. The van der Waals surface area contributed by atoms with Gasteiger partial charge in [-0.15, -0.1) is 0 Å². The van der Waals surface area contributed by atoms with E-state index in [0.717, 1.165) is 28.6 Å². The molecule has 166 valence electrons. The summed E-state index contributed by atoms with van der Waals surface area (Å²) in [4.78, 5) is 41.2. The number of halogens is 1. The van der Waals surface area contributed by atoms with E-state index in [-0.39, 0.29) is 17.4 Å². The maximum atomic E-state index is 12.9. The van der Waals surface area contributed by atoms with E-state index in [1.165, 1.54) is 12.7 Å². The third-order valence-electron chi connectivity index (χ3n) is 5.44. The van der Waals surface area contributed by atoms with Crippen LogP contribution < -0.4 is 9.47 Å². The predicted octanol–water partition coefficient (Wildman–Crippen LogP) is 4.09. The highest BCUT2D eigenvalue weighted by Crippen LogP contribution is 2.38. The quantitative estimate of drug-likeness (QED) is 0.557. The SMILES string of the molecule is COc1cc(OC)c(/C=C2\SC(=O)N(CC(=O)N3CCc4ccccc4C3)C2=O)cc1Br. The number of rotatable bonds is 5. The standard InChI is InChI=1S/C23H21BrN2O5S/c1-30-18-11-19(31-2)17(24)9-16(18)10-20-22(28)26(23(29)32-20)13-21(27)25-8-7-14-5-3-4-6-15(14)12-25/h3-6,9-11H,7-8,12-13H2,1-2H3/b20-10-. The van der Waals surface area contributed by atoms with Crippen LogP contribution in [0.15, 0.2) is 45.8 Å². The van der Waals surface area contributed by atoms with Crippen LogP contribution in [-0.4, -0.2) is 54.2 Å². The smallest absolute Gasteiger partial charge is 0.294 e. The number of thioether (sulfide) groups is 1. The molecule has 0 unspecified atom stereocenters. The summed E-state index contributed by atoms with van der Waals surface area (Å²) in [5.74, 6) is 0.355. The average molecular weight is 517 g/mol. The van der Waals surface area contributed by atoms with Gasteiger partial charge in [-0.2, -0.15) is 0 Å². The van der Waals surface area contributed by atoms with Gasteiger partial charge in [0.15, 0.2) is 0 Å². The molecular formula is C23H21BrN2O5S. The van der Waals surface area contributed by atoms with Crippen molar-refractivity contribution >= 4 is 50.8 Å². The van der Waals surface area contributed by atoms with E-state index < -0.39 is 11.1 Å². The number of imide groups is 1. The van der Waals surface area contributed by atoms with E-state index in [4.69, 9.17) is 9.47 Å². The zero-order valence-electron chi connectivity index (χ0n) is 17.6. The van der Waals surface area contributed by atoms with Gasteiger partial charge < -0.3 is 14.4 Å². The summed E-state index contributed by atoms with van der Waals surface area (Å²) < 4.78 is 11.3. The summed E-state index contributed by atoms with van der Waals surface area (Å²) in [6.45, 7) is 0.782. The first-order chi connectivity index (χ1) is 15.4. The van der Waals surface area contributed by atoms with Crippen LogP contribution in [0.25, 0.3) is 6.08 Å². The van der Waals surface area contributed by atoms with Crippen molar-refractivity contribution in [3.63, 3.8) is 0 Å². The Hall–Kier alpha value is -2.78. The van der Waals surface area contributed by atoms with Gasteiger partial charge in [0, 0.05) is 24.7 Å². The Bertz CT molecular complexity index is 1130. The molecule has 4 rings (SSSR count). The number of carbonyl (C=O) groups is 3. The molecular weight excluding hydrogens is 496 g/mol. The number of hydrogen-bond donors (Lipinski definition) is 0. The van der Waals surface area contributed by atoms with Gasteiger partial charge in [-0.1, -0.05) is 24.3 Å². The third-order valence-corrected chi connectivity index (χ3v) is 6.97. The molecule has 32 heavy (non-hydrogen) atoms. The van der Waals surface area contributed by atoms with Crippen LogP contribution in [0.5, 0.6) is 11.5 Å². The second-order valence-electron chi connectivity index (χ2n) is 7.33. The summed E-state index contributed by atoms with van der Waals surface area (Å²) in [6.07, 6.45) is 2.35. The number of nitrogens with zero attached hydrogens (tertiary/aromatic N) is 2. The van der Waals surface area contributed by atoms with Crippen LogP contribution in [0.1, 0.15) is 16.7 Å². The fourth-order valence-corrected chi connectivity index (χ4v) is 5.07. The van der Waals surface area contributed by atoms with Gasteiger partial charge in [0.05, 0.1) is 23.6 Å². The zero-order valence-corrected chi connectivity index (χ0v) is 20.0. The van der Waals surface area contributed by atoms with Crippen LogP contribution in [0, 0.1) is 0 Å². The van der Waals surface area contributed by atoms with E-state index in [0.29, 0.717) is 34.6 Å². The van der Waals surface area contributed by atoms with Crippen molar-refractivity contribution < 1.29 is 23.9 Å². The lowest BCUT2D eigenvalue weighted by atomic mass is 10.00. The van der Waals surface area contributed by atoms with Gasteiger partial charge in [0.2, 0.25) is 5.91 Å². The Morgan fingerprint density at radius 3 is 2.56 bits per heavy atom. The van der Waals surface area contributed by atoms with Gasteiger partial charge in [0.25, 0.3) is 11.1 Å². The van der Waals surface area contributed by atoms with Crippen molar-refractivity contribution in [3.05, 3.63) is 62.5 Å². The van der Waals surface area contributed by atoms with Gasteiger partial charge >= 0.3 is 0 Å². The minimum absolute atomic E-state index is 0.238. The largest absolute Gasteiger partial charge is 0.496 e. The molecule has 1 fully saturated rings. The van der Waals surface area contributed by atoms with Crippen LogP contribution in [0.2, 0.25) is 0 Å². The summed E-state index contributed by atoms with van der Waals surface area (Å²) in [7, 11) is 3.06. The number of carbonyl (C=O) groups excluding carboxylic acids is 3. The zero-order chi connectivity index (χ0) is 22.8. The molecule has 2 aliphatic heterocycles. The summed E-state index contributed by atoms with van der Waals surface area (Å²) >= 11 is 4.23. The lowest BCUT2D eigenvalue weighted by Crippen LogP contribution is -2.44. The molecule has 2 aliphatic rings. The Balaban J connectivity index is 1.50. The van der Waals surface area contributed by atoms with Crippen molar-refractivity contribution in [2.45, 2.75) is 13.0 Å². The lowest BCUT2D eigenvalue weighted by Gasteiger charge is -2.29. The van der Waals surface area contributed by atoms with Gasteiger partial charge in [-0.25, -0.2) is 0 Å². The molecule has 2 aromatic rings. The highest BCUT2D eigenvalue weighted by atomic mass is 79.9. The monoisotopic (exact) mass is 516 g/mol. The molecule has 0 N–H and O–H groups in total. The number of ether oxygens (including phenoxy) is 2. The molecule has 0 bridgehead atoms. The van der Waals surface area contributed by atoms with Gasteiger partial charge in [0.1, 0.15) is 18.0 Å². The number of benzene rings is 2. The van der Waals surface area contributed by atoms with Crippen molar-refractivity contribution in [2.75, 3.05) is 27.3 Å². The van der Waals surface area contributed by atoms with Crippen molar-refractivity contribution in [1.82, 2.24) is 9.80 Å². The molecule has 2 aromatic carbocycles. The number of fused-ring (bicyclic) bond motifs is 1. The van der Waals surface area contributed by atoms with Gasteiger partial charge in [-0.05, 0) is 57.4 Å². The first-order valence-electron chi connectivity index (χ1n) is 9.92. The minimum Gasteiger partial charge on any atom is -0.496 e. The number of methoxy groups -OCH3 is 2. The Labute approximate surface area is 198 Å². The first kappa shape index (κ1) is 22.4. The summed E-state index contributed by atoms with van der Waals surface area (Å²) in [5, 5.41) is -0.460. The maximum Gasteiger partial charge on any atom is 0.294 e. The predicted molar refractivity (Wildman–Crippen MR) is 125 cm³/mol. The third kappa shape index (κ3) is 4.40. The molecule has 0 atom stereocenters. The van der Waals surface area contributed by atoms with Crippen molar-refractivity contribution in [3.8, 4) is 11.5 Å².